The third-order valence-electron chi connectivity index (χ3n) is 3.46. The zero-order chi connectivity index (χ0) is 15.9. The average Bonchev–Trinajstić information content (AvgIpc) is 2.79. The molecular formula is C17H11BrClNO2. The second-order valence-corrected chi connectivity index (χ2v) is 6.17. The normalized spacial score (nSPS) is 15.8. The van der Waals surface area contributed by atoms with E-state index < -0.39 is 0 Å². The van der Waals surface area contributed by atoms with Crippen LogP contribution in [0, 0.1) is 0 Å². The summed E-state index contributed by atoms with van der Waals surface area (Å²) >= 11 is 9.83. The van der Waals surface area contributed by atoms with E-state index in [1.54, 1.807) is 18.2 Å². The fourth-order valence-electron chi connectivity index (χ4n) is 2.48. The van der Waals surface area contributed by atoms with Crippen molar-refractivity contribution in [2.24, 2.45) is 0 Å². The van der Waals surface area contributed by atoms with Gasteiger partial charge < -0.3 is 0 Å². The average molecular weight is 377 g/mol. The Kier molecular flexibility index (Phi) is 3.89. The first kappa shape index (κ1) is 15.0. The number of imide groups is 1. The highest BCUT2D eigenvalue weighted by Crippen LogP contribution is 2.42. The van der Waals surface area contributed by atoms with Gasteiger partial charge in [-0.25, -0.2) is 4.90 Å². The maximum Gasteiger partial charge on any atom is 0.267 e. The van der Waals surface area contributed by atoms with Crippen LogP contribution in [-0.4, -0.2) is 11.8 Å². The fourth-order valence-corrected chi connectivity index (χ4v) is 3.05. The number of hydrogen-bond donors (Lipinski definition) is 0. The Labute approximate surface area is 141 Å². The molecule has 0 saturated heterocycles. The van der Waals surface area contributed by atoms with Crippen LogP contribution >= 0.6 is 27.5 Å². The van der Waals surface area contributed by atoms with Gasteiger partial charge in [0.25, 0.3) is 5.91 Å². The Morgan fingerprint density at radius 1 is 1.09 bits per heavy atom. The molecule has 2 amide bonds. The topological polar surface area (TPSA) is 37.4 Å². The molecule has 0 atom stereocenters. The lowest BCUT2D eigenvalue weighted by Crippen LogP contribution is -2.31. The molecule has 0 spiro atoms. The van der Waals surface area contributed by atoms with Gasteiger partial charge in [-0.05, 0) is 23.8 Å². The van der Waals surface area contributed by atoms with Crippen LogP contribution in [0.1, 0.15) is 18.1 Å². The Morgan fingerprint density at radius 2 is 1.73 bits per heavy atom. The Bertz CT molecular complexity index is 812. The molecule has 3 nitrogen and oxygen atoms in total. The van der Waals surface area contributed by atoms with E-state index in [2.05, 4.69) is 15.9 Å². The zero-order valence-electron chi connectivity index (χ0n) is 11.6. The zero-order valence-corrected chi connectivity index (χ0v) is 14.0. The fraction of sp³-hybridized carbons (Fsp3) is 0.0588. The van der Waals surface area contributed by atoms with Gasteiger partial charge in [-0.2, -0.15) is 0 Å². The SMILES string of the molecule is CC(=O)N1C(=O)/C(=C(/Cl)c2ccc(Br)cc2)c2ccccc21. The van der Waals surface area contributed by atoms with Crippen molar-refractivity contribution in [2.75, 3.05) is 4.90 Å². The monoisotopic (exact) mass is 375 g/mol. The summed E-state index contributed by atoms with van der Waals surface area (Å²) in [7, 11) is 0. The van der Waals surface area contributed by atoms with Crippen LogP contribution < -0.4 is 4.90 Å². The molecule has 1 aliphatic rings. The maximum absolute atomic E-state index is 12.6. The predicted molar refractivity (Wildman–Crippen MR) is 91.4 cm³/mol. The number of rotatable bonds is 1. The molecule has 0 unspecified atom stereocenters. The highest BCUT2D eigenvalue weighted by Gasteiger charge is 2.36. The molecule has 1 aliphatic heterocycles. The second-order valence-electron chi connectivity index (χ2n) is 4.87. The lowest BCUT2D eigenvalue weighted by Gasteiger charge is -2.11. The van der Waals surface area contributed by atoms with Crippen molar-refractivity contribution in [1.82, 2.24) is 0 Å². The minimum Gasteiger partial charge on any atom is -0.274 e. The van der Waals surface area contributed by atoms with Crippen molar-refractivity contribution in [1.29, 1.82) is 0 Å². The number of para-hydroxylation sites is 1. The van der Waals surface area contributed by atoms with Gasteiger partial charge in [0.05, 0.1) is 16.3 Å². The number of carbonyl (C=O) groups is 2. The van der Waals surface area contributed by atoms with Crippen molar-refractivity contribution in [2.45, 2.75) is 6.92 Å². The van der Waals surface area contributed by atoms with Crippen LogP contribution in [-0.2, 0) is 9.59 Å². The van der Waals surface area contributed by atoms with Crippen LogP contribution in [0.3, 0.4) is 0 Å². The Balaban J connectivity index is 2.22. The maximum atomic E-state index is 12.6. The molecule has 0 fully saturated rings. The van der Waals surface area contributed by atoms with E-state index in [4.69, 9.17) is 11.6 Å². The predicted octanol–water partition coefficient (Wildman–Crippen LogP) is 4.45. The summed E-state index contributed by atoms with van der Waals surface area (Å²) in [6, 6.07) is 14.5. The smallest absolute Gasteiger partial charge is 0.267 e. The van der Waals surface area contributed by atoms with Crippen molar-refractivity contribution < 1.29 is 9.59 Å². The molecule has 0 radical (unpaired) electrons. The van der Waals surface area contributed by atoms with Gasteiger partial charge >= 0.3 is 0 Å². The van der Waals surface area contributed by atoms with E-state index in [1.807, 2.05) is 30.3 Å². The number of fused-ring (bicyclic) bond motifs is 1. The highest BCUT2D eigenvalue weighted by atomic mass is 79.9. The minimum atomic E-state index is -0.387. The standard InChI is InChI=1S/C17H11BrClNO2/c1-10(21)20-14-5-3-2-4-13(14)15(17(20)22)16(19)11-6-8-12(18)9-7-11/h2-9H,1H3/b16-15+. The van der Waals surface area contributed by atoms with E-state index in [-0.39, 0.29) is 11.8 Å². The van der Waals surface area contributed by atoms with Crippen LogP contribution in [0.2, 0.25) is 0 Å². The first-order valence-electron chi connectivity index (χ1n) is 6.61. The number of carbonyl (C=O) groups excluding carboxylic acids is 2. The molecule has 2 aromatic rings. The number of benzene rings is 2. The Morgan fingerprint density at radius 3 is 2.36 bits per heavy atom. The number of halogens is 2. The molecule has 0 saturated carbocycles. The third kappa shape index (κ3) is 2.38. The van der Waals surface area contributed by atoms with Crippen LogP contribution in [0.15, 0.2) is 53.0 Å². The van der Waals surface area contributed by atoms with Gasteiger partial charge in [-0.3, -0.25) is 9.59 Å². The van der Waals surface area contributed by atoms with Gasteiger partial charge in [-0.1, -0.05) is 57.9 Å². The molecule has 22 heavy (non-hydrogen) atoms. The van der Waals surface area contributed by atoms with Crippen molar-refractivity contribution in [3.63, 3.8) is 0 Å². The molecule has 110 valence electrons. The van der Waals surface area contributed by atoms with E-state index >= 15 is 0 Å². The van der Waals surface area contributed by atoms with Crippen molar-refractivity contribution in [3.05, 3.63) is 64.1 Å². The quantitative estimate of drug-likeness (QED) is 0.690. The number of hydrogen-bond acceptors (Lipinski definition) is 2. The molecule has 0 aliphatic carbocycles. The van der Waals surface area contributed by atoms with E-state index in [9.17, 15) is 9.59 Å². The van der Waals surface area contributed by atoms with Gasteiger partial charge in [0.2, 0.25) is 5.91 Å². The second kappa shape index (κ2) is 5.71. The van der Waals surface area contributed by atoms with Crippen LogP contribution in [0.4, 0.5) is 5.69 Å². The molecule has 5 heteroatoms. The molecular weight excluding hydrogens is 366 g/mol. The molecule has 0 aromatic heterocycles. The van der Waals surface area contributed by atoms with Gasteiger partial charge in [0.1, 0.15) is 0 Å². The lowest BCUT2D eigenvalue weighted by atomic mass is 10.0. The van der Waals surface area contributed by atoms with E-state index in [1.165, 1.54) is 6.92 Å². The largest absolute Gasteiger partial charge is 0.274 e. The summed E-state index contributed by atoms with van der Waals surface area (Å²) in [5, 5.41) is 0.341. The van der Waals surface area contributed by atoms with Crippen molar-refractivity contribution >= 4 is 55.6 Å². The Hall–Kier alpha value is -1.91. The number of amides is 2. The van der Waals surface area contributed by atoms with Crippen molar-refractivity contribution in [3.8, 4) is 0 Å². The first-order valence-corrected chi connectivity index (χ1v) is 7.78. The molecule has 3 rings (SSSR count). The summed E-state index contributed by atoms with van der Waals surface area (Å²) < 4.78 is 0.925. The summed E-state index contributed by atoms with van der Waals surface area (Å²) in [4.78, 5) is 25.6. The summed E-state index contributed by atoms with van der Waals surface area (Å²) in [5.74, 6) is -0.714. The summed E-state index contributed by atoms with van der Waals surface area (Å²) in [6.07, 6.45) is 0. The molecule has 0 N–H and O–H groups in total. The molecule has 0 bridgehead atoms. The lowest BCUT2D eigenvalue weighted by molar-refractivity contribution is -0.122. The van der Waals surface area contributed by atoms with Gasteiger partial charge in [0, 0.05) is 17.0 Å². The van der Waals surface area contributed by atoms with Crippen LogP contribution in [0.5, 0.6) is 0 Å². The van der Waals surface area contributed by atoms with Crippen LogP contribution in [0.25, 0.3) is 10.6 Å². The van der Waals surface area contributed by atoms with E-state index in [0.29, 0.717) is 21.9 Å². The summed E-state index contributed by atoms with van der Waals surface area (Å²) in [5.41, 5.74) is 2.34. The van der Waals surface area contributed by atoms with Gasteiger partial charge in [-0.15, -0.1) is 0 Å². The highest BCUT2D eigenvalue weighted by molar-refractivity contribution is 9.10. The molecule has 1 heterocycles. The minimum absolute atomic E-state index is 0.326. The first-order chi connectivity index (χ1) is 10.5. The van der Waals surface area contributed by atoms with E-state index in [0.717, 1.165) is 14.9 Å². The van der Waals surface area contributed by atoms with Gasteiger partial charge in [0.15, 0.2) is 0 Å². The number of anilines is 1. The third-order valence-corrected chi connectivity index (χ3v) is 4.40. The summed E-state index contributed by atoms with van der Waals surface area (Å²) in [6.45, 7) is 1.37. The number of nitrogens with zero attached hydrogens (tertiary/aromatic N) is 1. The molecule has 2 aromatic carbocycles.